The van der Waals surface area contributed by atoms with Crippen molar-refractivity contribution in [2.75, 3.05) is 6.61 Å². The average Bonchev–Trinajstić information content (AvgIpc) is 2.40. The largest absolute Gasteiger partial charge is 0.395 e. The van der Waals surface area contributed by atoms with Crippen LogP contribution in [-0.2, 0) is 0 Å². The highest BCUT2D eigenvalue weighted by Crippen LogP contribution is 2.22. The zero-order valence-electron chi connectivity index (χ0n) is 10.8. The van der Waals surface area contributed by atoms with Crippen molar-refractivity contribution < 1.29 is 10.0 Å². The van der Waals surface area contributed by atoms with Crippen LogP contribution in [0.4, 0.5) is 5.69 Å². The van der Waals surface area contributed by atoms with Gasteiger partial charge in [0.05, 0.1) is 11.5 Å². The van der Waals surface area contributed by atoms with Gasteiger partial charge in [0.15, 0.2) is 0 Å². The molecular weight excluding hydrogens is 232 g/mol. The zero-order valence-corrected chi connectivity index (χ0v) is 10.8. The maximum atomic E-state index is 10.7. The molecule has 18 heavy (non-hydrogen) atoms. The molecule has 0 amide bonds. The van der Waals surface area contributed by atoms with Gasteiger partial charge in [0.25, 0.3) is 5.69 Å². The Bertz CT molecular complexity index is 392. The van der Waals surface area contributed by atoms with Crippen molar-refractivity contribution >= 4 is 5.69 Å². The van der Waals surface area contributed by atoms with E-state index in [2.05, 4.69) is 5.32 Å². The predicted molar refractivity (Wildman–Crippen MR) is 70.4 cm³/mol. The third-order valence-electron chi connectivity index (χ3n) is 3.04. The molecule has 0 saturated heterocycles. The molecule has 5 nitrogen and oxygen atoms in total. The number of nitrogens with zero attached hydrogens (tertiary/aromatic N) is 1. The molecule has 2 unspecified atom stereocenters. The first-order valence-corrected chi connectivity index (χ1v) is 6.23. The lowest BCUT2D eigenvalue weighted by molar-refractivity contribution is -0.384. The molecule has 0 heterocycles. The van der Waals surface area contributed by atoms with Crippen LogP contribution in [0.25, 0.3) is 0 Å². The van der Waals surface area contributed by atoms with E-state index in [-0.39, 0.29) is 29.3 Å². The Balaban J connectivity index is 2.87. The Hall–Kier alpha value is -1.46. The van der Waals surface area contributed by atoms with Crippen molar-refractivity contribution in [2.24, 2.45) is 0 Å². The molecule has 1 aromatic rings. The molecule has 0 aromatic heterocycles. The lowest BCUT2D eigenvalue weighted by atomic mass is 10.0. The number of benzene rings is 1. The summed E-state index contributed by atoms with van der Waals surface area (Å²) in [6, 6.07) is 6.69. The fraction of sp³-hybridized carbons (Fsp3) is 0.538. The van der Waals surface area contributed by atoms with Crippen molar-refractivity contribution in [3.8, 4) is 0 Å². The highest BCUT2D eigenvalue weighted by Gasteiger charge is 2.16. The molecule has 1 rings (SSSR count). The number of nitrogens with one attached hydrogen (secondary N) is 1. The fourth-order valence-electron chi connectivity index (χ4n) is 1.89. The van der Waals surface area contributed by atoms with Gasteiger partial charge in [-0.2, -0.15) is 0 Å². The van der Waals surface area contributed by atoms with Gasteiger partial charge in [0.2, 0.25) is 0 Å². The van der Waals surface area contributed by atoms with Crippen LogP contribution in [0.1, 0.15) is 38.3 Å². The van der Waals surface area contributed by atoms with E-state index in [0.717, 1.165) is 18.4 Å². The first-order chi connectivity index (χ1) is 8.62. The summed E-state index contributed by atoms with van der Waals surface area (Å²) in [5.74, 6) is 0. The summed E-state index contributed by atoms with van der Waals surface area (Å²) in [6.45, 7) is 4.08. The number of aliphatic hydroxyl groups is 1. The number of hydrogen-bond donors (Lipinski definition) is 2. The number of rotatable bonds is 7. The van der Waals surface area contributed by atoms with Crippen LogP contribution in [0, 0.1) is 10.1 Å². The van der Waals surface area contributed by atoms with Crippen molar-refractivity contribution in [1.29, 1.82) is 0 Å². The summed E-state index contributed by atoms with van der Waals surface area (Å²) in [6.07, 6.45) is 1.64. The number of hydrogen-bond acceptors (Lipinski definition) is 4. The van der Waals surface area contributed by atoms with Gasteiger partial charge in [-0.05, 0) is 18.4 Å². The van der Waals surface area contributed by atoms with E-state index in [1.165, 1.54) is 6.07 Å². The summed E-state index contributed by atoms with van der Waals surface area (Å²) in [7, 11) is 0. The van der Waals surface area contributed by atoms with Crippen LogP contribution in [0.2, 0.25) is 0 Å². The molecule has 0 aliphatic rings. The molecule has 2 atom stereocenters. The molecule has 100 valence electrons. The van der Waals surface area contributed by atoms with Gasteiger partial charge in [0, 0.05) is 24.2 Å². The summed E-state index contributed by atoms with van der Waals surface area (Å²) < 4.78 is 0. The molecule has 5 heteroatoms. The minimum Gasteiger partial charge on any atom is -0.395 e. The van der Waals surface area contributed by atoms with Gasteiger partial charge in [-0.15, -0.1) is 0 Å². The maximum absolute atomic E-state index is 10.7. The quantitative estimate of drug-likeness (QED) is 0.577. The van der Waals surface area contributed by atoms with E-state index in [1.807, 2.05) is 19.9 Å². The first-order valence-electron chi connectivity index (χ1n) is 6.23. The smallest absolute Gasteiger partial charge is 0.269 e. The van der Waals surface area contributed by atoms with Crippen molar-refractivity contribution in [3.63, 3.8) is 0 Å². The highest BCUT2D eigenvalue weighted by molar-refractivity contribution is 5.35. The van der Waals surface area contributed by atoms with E-state index in [1.54, 1.807) is 12.1 Å². The molecule has 0 radical (unpaired) electrons. The van der Waals surface area contributed by atoms with Crippen LogP contribution >= 0.6 is 0 Å². The number of aliphatic hydroxyl groups excluding tert-OH is 1. The maximum Gasteiger partial charge on any atom is 0.269 e. The summed E-state index contributed by atoms with van der Waals surface area (Å²) in [5, 5.41) is 23.2. The van der Waals surface area contributed by atoms with Crippen molar-refractivity contribution in [2.45, 2.75) is 38.8 Å². The van der Waals surface area contributed by atoms with E-state index < -0.39 is 0 Å². The molecule has 0 aliphatic carbocycles. The van der Waals surface area contributed by atoms with E-state index in [9.17, 15) is 15.2 Å². The second-order valence-electron chi connectivity index (χ2n) is 4.27. The van der Waals surface area contributed by atoms with Crippen LogP contribution in [0.3, 0.4) is 0 Å². The van der Waals surface area contributed by atoms with Gasteiger partial charge in [-0.3, -0.25) is 10.1 Å². The second kappa shape index (κ2) is 7.08. The van der Waals surface area contributed by atoms with E-state index in [0.29, 0.717) is 0 Å². The molecule has 0 spiro atoms. The monoisotopic (exact) mass is 252 g/mol. The third kappa shape index (κ3) is 3.78. The standard InChI is InChI=1S/C13H20N2O3/c1-3-11(9-16)14-13(4-2)10-6-5-7-12(8-10)15(17)18/h5-8,11,13-14,16H,3-4,9H2,1-2H3. The average molecular weight is 252 g/mol. The van der Waals surface area contributed by atoms with E-state index in [4.69, 9.17) is 0 Å². The van der Waals surface area contributed by atoms with Gasteiger partial charge in [-0.1, -0.05) is 26.0 Å². The number of nitro benzene ring substituents is 1. The molecule has 0 aliphatic heterocycles. The zero-order chi connectivity index (χ0) is 13.5. The first kappa shape index (κ1) is 14.6. The van der Waals surface area contributed by atoms with Gasteiger partial charge < -0.3 is 10.4 Å². The van der Waals surface area contributed by atoms with Gasteiger partial charge in [0.1, 0.15) is 0 Å². The minimum atomic E-state index is -0.389. The van der Waals surface area contributed by atoms with Crippen LogP contribution in [-0.4, -0.2) is 22.7 Å². The molecule has 0 bridgehead atoms. The Kier molecular flexibility index (Phi) is 5.74. The predicted octanol–water partition coefficient (Wildman–Crippen LogP) is 2.41. The SMILES string of the molecule is CCC(CO)NC(CC)c1cccc([N+](=O)[O-])c1. The highest BCUT2D eigenvalue weighted by atomic mass is 16.6. The van der Waals surface area contributed by atoms with Crippen LogP contribution in [0.5, 0.6) is 0 Å². The molecular formula is C13H20N2O3. The summed E-state index contributed by atoms with van der Waals surface area (Å²) in [4.78, 5) is 10.4. The summed E-state index contributed by atoms with van der Waals surface area (Å²) >= 11 is 0. The third-order valence-corrected chi connectivity index (χ3v) is 3.04. The van der Waals surface area contributed by atoms with Gasteiger partial charge in [-0.25, -0.2) is 0 Å². The van der Waals surface area contributed by atoms with Crippen LogP contribution < -0.4 is 5.32 Å². The molecule has 0 saturated carbocycles. The van der Waals surface area contributed by atoms with Gasteiger partial charge >= 0.3 is 0 Å². The molecule has 0 fully saturated rings. The topological polar surface area (TPSA) is 75.4 Å². The lowest BCUT2D eigenvalue weighted by Gasteiger charge is -2.23. The molecule has 2 N–H and O–H groups in total. The van der Waals surface area contributed by atoms with Crippen molar-refractivity contribution in [3.05, 3.63) is 39.9 Å². The molecule has 1 aromatic carbocycles. The lowest BCUT2D eigenvalue weighted by Crippen LogP contribution is -2.34. The Morgan fingerprint density at radius 2 is 2.11 bits per heavy atom. The second-order valence-corrected chi connectivity index (χ2v) is 4.27. The number of nitro groups is 1. The Morgan fingerprint density at radius 3 is 2.61 bits per heavy atom. The fourth-order valence-corrected chi connectivity index (χ4v) is 1.89. The minimum absolute atomic E-state index is 0.0224. The normalized spacial score (nSPS) is 14.2. The van der Waals surface area contributed by atoms with E-state index >= 15 is 0 Å². The summed E-state index contributed by atoms with van der Waals surface area (Å²) in [5.41, 5.74) is 0.989. The van der Waals surface area contributed by atoms with Crippen molar-refractivity contribution in [1.82, 2.24) is 5.32 Å². The Morgan fingerprint density at radius 1 is 1.39 bits per heavy atom. The van der Waals surface area contributed by atoms with Crippen LogP contribution in [0.15, 0.2) is 24.3 Å². The number of non-ortho nitro benzene ring substituents is 1. The Labute approximate surface area is 107 Å².